The Labute approximate surface area is 99.6 Å². The maximum atomic E-state index is 11.6. The topological polar surface area (TPSA) is 92.7 Å². The molecule has 17 heavy (non-hydrogen) atoms. The second-order valence-corrected chi connectivity index (χ2v) is 3.17. The molecule has 0 unspecified atom stereocenters. The fourth-order valence-corrected chi connectivity index (χ4v) is 1.33. The molecule has 0 aromatic carbocycles. The first-order valence-corrected chi connectivity index (χ1v) is 5.41. The summed E-state index contributed by atoms with van der Waals surface area (Å²) in [6.45, 7) is 5.19. The highest BCUT2D eigenvalue weighted by Crippen LogP contribution is 2.13. The molecule has 2 N–H and O–H groups in total. The molecule has 0 aliphatic heterocycles. The highest BCUT2D eigenvalue weighted by molar-refractivity contribution is 6.19. The predicted molar refractivity (Wildman–Crippen MR) is 60.4 cm³/mol. The van der Waals surface area contributed by atoms with Crippen molar-refractivity contribution in [2.24, 2.45) is 0 Å². The third kappa shape index (κ3) is 4.67. The number of amides is 2. The number of aliphatic carboxylic acids is 1. The number of hydrogen-bond acceptors (Lipinski definition) is 4. The number of carboxylic acids is 1. The van der Waals surface area contributed by atoms with E-state index in [1.165, 1.54) is 0 Å². The van der Waals surface area contributed by atoms with Gasteiger partial charge in [0.2, 0.25) is 0 Å². The molecular weight excluding hydrogens is 226 g/mol. The average Bonchev–Trinajstić information content (AvgIpc) is 2.24. The highest BCUT2D eigenvalue weighted by atomic mass is 16.5. The number of ether oxygens (including phenoxy) is 1. The summed E-state index contributed by atoms with van der Waals surface area (Å²) in [5.41, 5.74) is 0.0994. The molecule has 96 valence electrons. The number of carbonyl (C=O) groups is 3. The van der Waals surface area contributed by atoms with Gasteiger partial charge in [-0.15, -0.1) is 0 Å². The molecule has 0 heterocycles. The van der Waals surface area contributed by atoms with Crippen molar-refractivity contribution >= 4 is 18.0 Å². The maximum absolute atomic E-state index is 11.6. The summed E-state index contributed by atoms with van der Waals surface area (Å²) in [5, 5.41) is 10.8. The van der Waals surface area contributed by atoms with Gasteiger partial charge < -0.3 is 9.84 Å². The first-order valence-electron chi connectivity index (χ1n) is 5.41. The molecule has 0 saturated heterocycles. The van der Waals surface area contributed by atoms with E-state index < -0.39 is 18.0 Å². The number of carbonyl (C=O) groups excluding carboxylic acids is 2. The number of nitrogens with one attached hydrogen (secondary N) is 1. The Morgan fingerprint density at radius 3 is 2.00 bits per heavy atom. The van der Waals surface area contributed by atoms with Gasteiger partial charge in [0, 0.05) is 0 Å². The molecule has 0 aliphatic rings. The highest BCUT2D eigenvalue weighted by Gasteiger charge is 2.23. The van der Waals surface area contributed by atoms with Crippen LogP contribution in [0.4, 0.5) is 4.79 Å². The number of allylic oxidation sites excluding steroid dienone is 1. The Morgan fingerprint density at radius 2 is 1.65 bits per heavy atom. The molecule has 0 saturated carbocycles. The molecule has 2 amide bonds. The van der Waals surface area contributed by atoms with E-state index in [2.05, 4.69) is 4.74 Å². The van der Waals surface area contributed by atoms with Crippen LogP contribution < -0.4 is 5.32 Å². The van der Waals surface area contributed by atoms with Crippen LogP contribution in [0.5, 0.6) is 0 Å². The lowest BCUT2D eigenvalue weighted by Crippen LogP contribution is -2.35. The molecule has 6 nitrogen and oxygen atoms in total. The van der Waals surface area contributed by atoms with Crippen LogP contribution in [0.3, 0.4) is 0 Å². The van der Waals surface area contributed by atoms with Crippen LogP contribution >= 0.6 is 0 Å². The summed E-state index contributed by atoms with van der Waals surface area (Å²) in [4.78, 5) is 33.6. The maximum Gasteiger partial charge on any atom is 0.414 e. The van der Waals surface area contributed by atoms with Crippen LogP contribution in [-0.2, 0) is 14.3 Å². The van der Waals surface area contributed by atoms with Gasteiger partial charge in [-0.3, -0.25) is 10.1 Å². The smallest absolute Gasteiger partial charge is 0.414 e. The predicted octanol–water partition coefficient (Wildman–Crippen LogP) is 1.46. The van der Waals surface area contributed by atoms with Crippen molar-refractivity contribution in [2.75, 3.05) is 6.61 Å². The van der Waals surface area contributed by atoms with E-state index in [1.54, 1.807) is 20.8 Å². The van der Waals surface area contributed by atoms with Gasteiger partial charge >= 0.3 is 12.1 Å². The van der Waals surface area contributed by atoms with Gasteiger partial charge in [0.1, 0.15) is 5.57 Å². The summed E-state index contributed by atoms with van der Waals surface area (Å²) in [6.07, 6.45) is -0.0641. The van der Waals surface area contributed by atoms with E-state index in [4.69, 9.17) is 5.11 Å². The van der Waals surface area contributed by atoms with Crippen LogP contribution in [0.2, 0.25) is 0 Å². The van der Waals surface area contributed by atoms with E-state index >= 15 is 0 Å². The molecular formula is C11H17NO5. The van der Waals surface area contributed by atoms with Gasteiger partial charge in [0.05, 0.1) is 6.61 Å². The van der Waals surface area contributed by atoms with Crippen LogP contribution in [0.25, 0.3) is 0 Å². The van der Waals surface area contributed by atoms with Crippen molar-refractivity contribution in [2.45, 2.75) is 33.6 Å². The van der Waals surface area contributed by atoms with Gasteiger partial charge in [0.25, 0.3) is 5.91 Å². The van der Waals surface area contributed by atoms with E-state index in [0.717, 1.165) is 0 Å². The summed E-state index contributed by atoms with van der Waals surface area (Å²) < 4.78 is 4.50. The monoisotopic (exact) mass is 243 g/mol. The lowest BCUT2D eigenvalue weighted by atomic mass is 10.0. The van der Waals surface area contributed by atoms with Crippen molar-refractivity contribution in [1.29, 1.82) is 0 Å². The molecule has 0 fully saturated rings. The minimum atomic E-state index is -1.34. The molecule has 0 atom stereocenters. The van der Waals surface area contributed by atoms with Gasteiger partial charge in [-0.1, -0.05) is 19.4 Å². The average molecular weight is 243 g/mol. The minimum Gasteiger partial charge on any atom is -0.477 e. The fourth-order valence-electron chi connectivity index (χ4n) is 1.33. The third-order valence-electron chi connectivity index (χ3n) is 2.14. The Hall–Kier alpha value is -1.85. The first-order chi connectivity index (χ1) is 7.97. The molecule has 6 heteroatoms. The van der Waals surface area contributed by atoms with E-state index in [0.29, 0.717) is 18.4 Å². The lowest BCUT2D eigenvalue weighted by Gasteiger charge is -2.08. The number of rotatable bonds is 5. The summed E-state index contributed by atoms with van der Waals surface area (Å²) in [7, 11) is 0. The summed E-state index contributed by atoms with van der Waals surface area (Å²) in [6, 6.07) is 0. The molecule has 0 aliphatic carbocycles. The number of alkyl carbamates (subject to hydrolysis) is 1. The second-order valence-electron chi connectivity index (χ2n) is 3.17. The van der Waals surface area contributed by atoms with E-state index in [1.807, 2.05) is 5.32 Å². The summed E-state index contributed by atoms with van der Waals surface area (Å²) in [5.74, 6) is -2.28. The van der Waals surface area contributed by atoms with Crippen LogP contribution in [0.1, 0.15) is 33.6 Å². The zero-order chi connectivity index (χ0) is 13.4. The summed E-state index contributed by atoms with van der Waals surface area (Å²) >= 11 is 0. The van der Waals surface area contributed by atoms with E-state index in [-0.39, 0.29) is 12.2 Å². The van der Waals surface area contributed by atoms with Crippen molar-refractivity contribution in [3.8, 4) is 0 Å². The molecule has 0 aromatic heterocycles. The Morgan fingerprint density at radius 1 is 1.12 bits per heavy atom. The number of hydrogen-bond donors (Lipinski definition) is 2. The second kappa shape index (κ2) is 7.43. The van der Waals surface area contributed by atoms with Gasteiger partial charge in [-0.05, 0) is 19.8 Å². The van der Waals surface area contributed by atoms with Crippen molar-refractivity contribution < 1.29 is 24.2 Å². The number of imide groups is 1. The van der Waals surface area contributed by atoms with Crippen molar-refractivity contribution in [1.82, 2.24) is 5.32 Å². The number of carboxylic acid groups (broad SMARTS) is 1. The zero-order valence-corrected chi connectivity index (χ0v) is 10.2. The standard InChI is InChI=1S/C11H17NO5/c1-4-7(5-2)8(10(14)15)9(13)12-11(16)17-6-3/h4-6H2,1-3H3,(H,14,15)(H,12,13,16). The zero-order valence-electron chi connectivity index (χ0n) is 10.2. The van der Waals surface area contributed by atoms with Crippen LogP contribution in [-0.4, -0.2) is 29.7 Å². The van der Waals surface area contributed by atoms with Crippen molar-refractivity contribution in [3.63, 3.8) is 0 Å². The Bertz CT molecular complexity index is 340. The van der Waals surface area contributed by atoms with Gasteiger partial charge in [-0.25, -0.2) is 9.59 Å². The van der Waals surface area contributed by atoms with Gasteiger partial charge in [0.15, 0.2) is 0 Å². The van der Waals surface area contributed by atoms with Gasteiger partial charge in [-0.2, -0.15) is 0 Å². The molecule has 0 aromatic rings. The van der Waals surface area contributed by atoms with Crippen LogP contribution in [0, 0.1) is 0 Å². The third-order valence-corrected chi connectivity index (χ3v) is 2.14. The largest absolute Gasteiger partial charge is 0.477 e. The molecule has 0 spiro atoms. The SMILES string of the molecule is CCOC(=O)NC(=O)C(C(=O)O)=C(CC)CC. The molecule has 0 bridgehead atoms. The van der Waals surface area contributed by atoms with Crippen molar-refractivity contribution in [3.05, 3.63) is 11.1 Å². The first kappa shape index (κ1) is 15.2. The molecule has 0 radical (unpaired) electrons. The molecule has 0 rings (SSSR count). The fraction of sp³-hybridized carbons (Fsp3) is 0.545. The Balaban J connectivity index is 4.98. The quantitative estimate of drug-likeness (QED) is 0.433. The normalized spacial score (nSPS) is 9.35. The lowest BCUT2D eigenvalue weighted by molar-refractivity contribution is -0.134. The minimum absolute atomic E-state index is 0.111. The van der Waals surface area contributed by atoms with E-state index in [9.17, 15) is 14.4 Å². The Kier molecular flexibility index (Phi) is 6.62. The van der Waals surface area contributed by atoms with Crippen LogP contribution in [0.15, 0.2) is 11.1 Å².